The van der Waals surface area contributed by atoms with Gasteiger partial charge in [0.2, 0.25) is 0 Å². The van der Waals surface area contributed by atoms with E-state index < -0.39 is 5.97 Å². The summed E-state index contributed by atoms with van der Waals surface area (Å²) >= 11 is 0. The van der Waals surface area contributed by atoms with Crippen LogP contribution in [0.25, 0.3) is 11.1 Å². The summed E-state index contributed by atoms with van der Waals surface area (Å²) in [6, 6.07) is 0.0449. The summed E-state index contributed by atoms with van der Waals surface area (Å²) in [5, 5.41) is 13.6. The standard InChI is InChI=1S/C12H16N4O3/c1-4-7(2)16(5-9(17)18)11-10-8(3)15-19-12(10)14-6-13-11/h6-7H,4-5H2,1-3H3,(H,17,18). The Morgan fingerprint density at radius 2 is 2.26 bits per heavy atom. The van der Waals surface area contributed by atoms with Gasteiger partial charge in [0, 0.05) is 6.04 Å². The summed E-state index contributed by atoms with van der Waals surface area (Å²) in [5.41, 5.74) is 1.03. The zero-order valence-corrected chi connectivity index (χ0v) is 11.1. The van der Waals surface area contributed by atoms with Gasteiger partial charge < -0.3 is 14.5 Å². The molecule has 0 saturated carbocycles. The number of aliphatic carboxylic acids is 1. The fourth-order valence-electron chi connectivity index (χ4n) is 1.93. The van der Waals surface area contributed by atoms with Crippen LogP contribution in [0.3, 0.4) is 0 Å². The predicted molar refractivity (Wildman–Crippen MR) is 69.1 cm³/mol. The van der Waals surface area contributed by atoms with Gasteiger partial charge in [-0.2, -0.15) is 4.98 Å². The van der Waals surface area contributed by atoms with Crippen LogP contribution in [0.2, 0.25) is 0 Å². The number of hydrogen-bond acceptors (Lipinski definition) is 6. The average Bonchev–Trinajstić information content (AvgIpc) is 2.77. The highest BCUT2D eigenvalue weighted by Gasteiger charge is 2.22. The van der Waals surface area contributed by atoms with Crippen LogP contribution in [-0.4, -0.2) is 38.8 Å². The van der Waals surface area contributed by atoms with Crippen LogP contribution in [0.5, 0.6) is 0 Å². The first-order chi connectivity index (χ1) is 9.04. The van der Waals surface area contributed by atoms with Gasteiger partial charge in [0.15, 0.2) is 0 Å². The van der Waals surface area contributed by atoms with Gasteiger partial charge in [-0.05, 0) is 20.3 Å². The number of fused-ring (bicyclic) bond motifs is 1. The van der Waals surface area contributed by atoms with Gasteiger partial charge in [0.05, 0.1) is 5.69 Å². The molecule has 19 heavy (non-hydrogen) atoms. The van der Waals surface area contributed by atoms with Gasteiger partial charge in [-0.15, -0.1) is 0 Å². The molecule has 0 radical (unpaired) electrons. The molecule has 1 atom stereocenters. The third kappa shape index (κ3) is 2.49. The highest BCUT2D eigenvalue weighted by molar-refractivity contribution is 5.89. The van der Waals surface area contributed by atoms with Crippen molar-refractivity contribution in [1.29, 1.82) is 0 Å². The van der Waals surface area contributed by atoms with E-state index in [1.165, 1.54) is 6.33 Å². The largest absolute Gasteiger partial charge is 0.480 e. The molecule has 7 nitrogen and oxygen atoms in total. The maximum atomic E-state index is 11.0. The number of hydrogen-bond donors (Lipinski definition) is 1. The summed E-state index contributed by atoms with van der Waals surface area (Å²) < 4.78 is 5.08. The minimum Gasteiger partial charge on any atom is -0.480 e. The fourth-order valence-corrected chi connectivity index (χ4v) is 1.93. The maximum absolute atomic E-state index is 11.0. The molecule has 0 aliphatic heterocycles. The second kappa shape index (κ2) is 5.21. The molecule has 102 valence electrons. The van der Waals surface area contributed by atoms with Crippen molar-refractivity contribution in [3.05, 3.63) is 12.0 Å². The molecule has 0 aliphatic rings. The van der Waals surface area contributed by atoms with Crippen LogP contribution < -0.4 is 4.90 Å². The molecule has 0 aliphatic carbocycles. The minimum atomic E-state index is -0.902. The molecule has 1 N–H and O–H groups in total. The molecule has 0 bridgehead atoms. The van der Waals surface area contributed by atoms with E-state index >= 15 is 0 Å². The molecular weight excluding hydrogens is 248 g/mol. The first kappa shape index (κ1) is 13.3. The third-order valence-electron chi connectivity index (χ3n) is 3.12. The van der Waals surface area contributed by atoms with Crippen molar-refractivity contribution in [2.24, 2.45) is 0 Å². The Morgan fingerprint density at radius 3 is 2.89 bits per heavy atom. The summed E-state index contributed by atoms with van der Waals surface area (Å²) in [6.07, 6.45) is 2.17. The van der Waals surface area contributed by atoms with Gasteiger partial charge in [0.25, 0.3) is 5.71 Å². The molecule has 2 aromatic rings. The van der Waals surface area contributed by atoms with Gasteiger partial charge in [-0.25, -0.2) is 4.98 Å². The smallest absolute Gasteiger partial charge is 0.323 e. The topological polar surface area (TPSA) is 92.4 Å². The molecule has 0 fully saturated rings. The lowest BCUT2D eigenvalue weighted by Gasteiger charge is -2.28. The Bertz CT molecular complexity index is 596. The summed E-state index contributed by atoms with van der Waals surface area (Å²) in [7, 11) is 0. The summed E-state index contributed by atoms with van der Waals surface area (Å²) in [5.74, 6) is -0.346. The molecule has 2 aromatic heterocycles. The molecule has 2 heterocycles. The first-order valence-electron chi connectivity index (χ1n) is 6.10. The van der Waals surface area contributed by atoms with E-state index in [1.807, 2.05) is 13.8 Å². The summed E-state index contributed by atoms with van der Waals surface area (Å²) in [6.45, 7) is 5.62. The lowest BCUT2D eigenvalue weighted by molar-refractivity contribution is -0.135. The fraction of sp³-hybridized carbons (Fsp3) is 0.500. The molecule has 0 aromatic carbocycles. The van der Waals surface area contributed by atoms with Crippen molar-refractivity contribution in [3.8, 4) is 0 Å². The summed E-state index contributed by atoms with van der Waals surface area (Å²) in [4.78, 5) is 21.0. The van der Waals surface area contributed by atoms with Crippen LogP contribution in [0.15, 0.2) is 10.9 Å². The van der Waals surface area contributed by atoms with Gasteiger partial charge >= 0.3 is 5.97 Å². The zero-order valence-electron chi connectivity index (χ0n) is 11.1. The second-order valence-electron chi connectivity index (χ2n) is 4.42. The van der Waals surface area contributed by atoms with Crippen LogP contribution in [-0.2, 0) is 4.79 Å². The minimum absolute atomic E-state index is 0.0449. The normalized spacial score (nSPS) is 12.6. The molecule has 0 spiro atoms. The molecule has 0 amide bonds. The van der Waals surface area contributed by atoms with Crippen LogP contribution in [0.1, 0.15) is 26.0 Å². The number of rotatable bonds is 5. The Labute approximate surface area is 110 Å². The average molecular weight is 264 g/mol. The van der Waals surface area contributed by atoms with Crippen molar-refractivity contribution >= 4 is 22.9 Å². The predicted octanol–water partition coefficient (Wildman–Crippen LogP) is 1.62. The van der Waals surface area contributed by atoms with Crippen molar-refractivity contribution < 1.29 is 14.4 Å². The highest BCUT2D eigenvalue weighted by Crippen LogP contribution is 2.27. The lowest BCUT2D eigenvalue weighted by Crippen LogP contribution is -2.37. The van der Waals surface area contributed by atoms with Crippen LogP contribution in [0, 0.1) is 6.92 Å². The number of anilines is 1. The lowest BCUT2D eigenvalue weighted by atomic mass is 10.2. The number of aromatic nitrogens is 3. The third-order valence-corrected chi connectivity index (χ3v) is 3.12. The Balaban J connectivity index is 2.54. The van der Waals surface area contributed by atoms with Gasteiger partial charge in [-0.1, -0.05) is 12.1 Å². The van der Waals surface area contributed by atoms with Crippen molar-refractivity contribution in [2.45, 2.75) is 33.2 Å². The van der Waals surface area contributed by atoms with E-state index in [2.05, 4.69) is 15.1 Å². The molecule has 2 rings (SSSR count). The monoisotopic (exact) mass is 264 g/mol. The Kier molecular flexibility index (Phi) is 3.64. The van der Waals surface area contributed by atoms with E-state index in [1.54, 1.807) is 11.8 Å². The van der Waals surface area contributed by atoms with Crippen molar-refractivity contribution in [2.75, 3.05) is 11.4 Å². The first-order valence-corrected chi connectivity index (χ1v) is 6.10. The van der Waals surface area contributed by atoms with E-state index in [4.69, 9.17) is 9.63 Å². The van der Waals surface area contributed by atoms with E-state index in [0.717, 1.165) is 6.42 Å². The van der Waals surface area contributed by atoms with Crippen LogP contribution >= 0.6 is 0 Å². The number of carboxylic acid groups (broad SMARTS) is 1. The van der Waals surface area contributed by atoms with Crippen molar-refractivity contribution in [3.63, 3.8) is 0 Å². The van der Waals surface area contributed by atoms with E-state index in [0.29, 0.717) is 22.6 Å². The molecular formula is C12H16N4O3. The highest BCUT2D eigenvalue weighted by atomic mass is 16.5. The number of carboxylic acids is 1. The maximum Gasteiger partial charge on any atom is 0.323 e. The molecule has 7 heteroatoms. The van der Waals surface area contributed by atoms with Crippen molar-refractivity contribution in [1.82, 2.24) is 15.1 Å². The van der Waals surface area contributed by atoms with Gasteiger partial charge in [0.1, 0.15) is 24.1 Å². The molecule has 0 saturated heterocycles. The van der Waals surface area contributed by atoms with E-state index in [-0.39, 0.29) is 12.6 Å². The van der Waals surface area contributed by atoms with Gasteiger partial charge in [-0.3, -0.25) is 4.79 Å². The Hall–Kier alpha value is -2.18. The SMILES string of the molecule is CCC(C)N(CC(=O)O)c1ncnc2onc(C)c12. The molecule has 1 unspecified atom stereocenters. The second-order valence-corrected chi connectivity index (χ2v) is 4.42. The Morgan fingerprint density at radius 1 is 1.53 bits per heavy atom. The van der Waals surface area contributed by atoms with E-state index in [9.17, 15) is 4.79 Å². The quantitative estimate of drug-likeness (QED) is 0.876. The number of carbonyl (C=O) groups is 1. The number of aryl methyl sites for hydroxylation is 1. The number of nitrogens with zero attached hydrogens (tertiary/aromatic N) is 4. The zero-order chi connectivity index (χ0) is 14.0. The van der Waals surface area contributed by atoms with Crippen LogP contribution in [0.4, 0.5) is 5.82 Å².